The molecule has 3 aromatic carbocycles. The molecule has 1 atom stereocenters. The van der Waals surface area contributed by atoms with E-state index < -0.39 is 0 Å². The highest BCUT2D eigenvalue weighted by Crippen LogP contribution is 2.34. The number of benzene rings is 3. The number of ether oxygens (including phenoxy) is 1. The fourth-order valence-corrected chi connectivity index (χ4v) is 4.40. The highest BCUT2D eigenvalue weighted by molar-refractivity contribution is 5.94. The van der Waals surface area contributed by atoms with Crippen molar-refractivity contribution in [1.29, 1.82) is 0 Å². The second-order valence-corrected chi connectivity index (χ2v) is 8.86. The van der Waals surface area contributed by atoms with Crippen LogP contribution >= 0.6 is 0 Å². The van der Waals surface area contributed by atoms with Crippen molar-refractivity contribution < 1.29 is 14.3 Å². The zero-order chi connectivity index (χ0) is 22.6. The molecular formula is C28H28N2O3. The molecule has 1 heterocycles. The van der Waals surface area contributed by atoms with Gasteiger partial charge in [0.1, 0.15) is 6.61 Å². The minimum absolute atomic E-state index is 0.0338. The molecular weight excluding hydrogens is 412 g/mol. The van der Waals surface area contributed by atoms with Gasteiger partial charge in [0, 0.05) is 18.2 Å². The molecule has 2 amide bonds. The number of rotatable bonds is 6. The quantitative estimate of drug-likeness (QED) is 0.498. The van der Waals surface area contributed by atoms with Crippen LogP contribution in [0.15, 0.2) is 78.9 Å². The number of nitrogens with one attached hydrogen (secondary N) is 1. The van der Waals surface area contributed by atoms with Gasteiger partial charge in [-0.25, -0.2) is 4.79 Å². The van der Waals surface area contributed by atoms with Crippen molar-refractivity contribution >= 4 is 17.7 Å². The fraction of sp³-hybridized carbons (Fsp3) is 0.286. The van der Waals surface area contributed by atoms with Crippen LogP contribution in [0, 0.1) is 5.92 Å². The maximum absolute atomic E-state index is 12.7. The Bertz CT molecular complexity index is 1120. The van der Waals surface area contributed by atoms with Crippen LogP contribution in [0.25, 0.3) is 11.1 Å². The number of hydrogen-bond donors (Lipinski definition) is 1. The summed E-state index contributed by atoms with van der Waals surface area (Å²) in [6, 6.07) is 26.1. The topological polar surface area (TPSA) is 58.6 Å². The van der Waals surface area contributed by atoms with Crippen LogP contribution in [0.2, 0.25) is 0 Å². The number of anilines is 1. The van der Waals surface area contributed by atoms with E-state index in [4.69, 9.17) is 4.74 Å². The van der Waals surface area contributed by atoms with Gasteiger partial charge < -0.3 is 15.0 Å². The summed E-state index contributed by atoms with van der Waals surface area (Å²) in [5.74, 6) is 0.296. The number of likely N-dealkylation sites (tertiary alicyclic amines) is 1. The first kappa shape index (κ1) is 21.3. The van der Waals surface area contributed by atoms with Crippen LogP contribution < -0.4 is 5.32 Å². The first-order valence-electron chi connectivity index (χ1n) is 11.7. The van der Waals surface area contributed by atoms with Crippen LogP contribution in [-0.4, -0.2) is 23.4 Å². The largest absolute Gasteiger partial charge is 0.445 e. The maximum atomic E-state index is 12.7. The lowest BCUT2D eigenvalue weighted by molar-refractivity contribution is -0.117. The predicted molar refractivity (Wildman–Crippen MR) is 129 cm³/mol. The number of carbonyl (C=O) groups excluding carboxylic acids is 2. The van der Waals surface area contributed by atoms with E-state index in [0.717, 1.165) is 53.6 Å². The Labute approximate surface area is 194 Å². The molecule has 1 N–H and O–H groups in total. The molecule has 0 aromatic heterocycles. The van der Waals surface area contributed by atoms with Gasteiger partial charge in [-0.15, -0.1) is 0 Å². The molecule has 0 bridgehead atoms. The highest BCUT2D eigenvalue weighted by Gasteiger charge is 2.31. The summed E-state index contributed by atoms with van der Waals surface area (Å²) < 4.78 is 5.58. The van der Waals surface area contributed by atoms with Gasteiger partial charge in [0.05, 0.1) is 6.04 Å². The molecule has 1 saturated heterocycles. The smallest absolute Gasteiger partial charge is 0.410 e. The van der Waals surface area contributed by atoms with Gasteiger partial charge in [-0.2, -0.15) is 0 Å². The molecule has 5 rings (SSSR count). The third-order valence-corrected chi connectivity index (χ3v) is 6.40. The van der Waals surface area contributed by atoms with E-state index in [0.29, 0.717) is 6.54 Å². The third kappa shape index (κ3) is 5.08. The van der Waals surface area contributed by atoms with Gasteiger partial charge in [-0.3, -0.25) is 4.79 Å². The Morgan fingerprint density at radius 2 is 1.67 bits per heavy atom. The zero-order valence-electron chi connectivity index (χ0n) is 18.6. The molecule has 1 saturated carbocycles. The van der Waals surface area contributed by atoms with Gasteiger partial charge in [0.15, 0.2) is 0 Å². The standard InChI is InChI=1S/C28H28N2O3/c31-27(23-15-16-23)29-25-9-4-8-24(18-25)21-11-13-22(14-12-21)26-10-5-17-30(26)28(32)33-19-20-6-2-1-3-7-20/h1-4,6-9,11-14,18,23,26H,5,10,15-17,19H2,(H,29,31). The molecule has 2 fully saturated rings. The number of nitrogens with zero attached hydrogens (tertiary/aromatic N) is 1. The number of hydrogen-bond acceptors (Lipinski definition) is 3. The van der Waals surface area contributed by atoms with Crippen LogP contribution in [0.5, 0.6) is 0 Å². The number of amides is 2. The van der Waals surface area contributed by atoms with Gasteiger partial charge in [0.25, 0.3) is 0 Å². The monoisotopic (exact) mass is 440 g/mol. The summed E-state index contributed by atoms with van der Waals surface area (Å²) in [5.41, 5.74) is 5.07. The number of carbonyl (C=O) groups is 2. The van der Waals surface area contributed by atoms with Crippen LogP contribution in [0.3, 0.4) is 0 Å². The van der Waals surface area contributed by atoms with Crippen molar-refractivity contribution in [3.63, 3.8) is 0 Å². The van der Waals surface area contributed by atoms with Gasteiger partial charge >= 0.3 is 6.09 Å². The predicted octanol–water partition coefficient (Wildman–Crippen LogP) is 6.18. The molecule has 0 spiro atoms. The molecule has 5 nitrogen and oxygen atoms in total. The summed E-state index contributed by atoms with van der Waals surface area (Å²) in [5, 5.41) is 3.02. The third-order valence-electron chi connectivity index (χ3n) is 6.40. The molecule has 33 heavy (non-hydrogen) atoms. The van der Waals surface area contributed by atoms with Gasteiger partial charge in [0.2, 0.25) is 5.91 Å². The van der Waals surface area contributed by atoms with E-state index in [1.165, 1.54) is 0 Å². The van der Waals surface area contributed by atoms with Crippen molar-refractivity contribution in [1.82, 2.24) is 4.90 Å². The average Bonchev–Trinajstić information content (AvgIpc) is 3.60. The second kappa shape index (κ2) is 9.49. The van der Waals surface area contributed by atoms with Crippen LogP contribution in [0.1, 0.15) is 42.9 Å². The SMILES string of the molecule is O=C(Nc1cccc(-c2ccc(C3CCCN3C(=O)OCc3ccccc3)cc2)c1)C1CC1. The summed E-state index contributed by atoms with van der Waals surface area (Å²) in [4.78, 5) is 26.7. The molecule has 1 unspecified atom stereocenters. The average molecular weight is 441 g/mol. The molecule has 3 aromatic rings. The lowest BCUT2D eigenvalue weighted by Crippen LogP contribution is -2.31. The van der Waals surface area contributed by atoms with Gasteiger partial charge in [-0.1, -0.05) is 66.7 Å². The molecule has 5 heteroatoms. The molecule has 1 aliphatic carbocycles. The zero-order valence-corrected chi connectivity index (χ0v) is 18.6. The van der Waals surface area contributed by atoms with E-state index in [1.54, 1.807) is 0 Å². The summed E-state index contributed by atoms with van der Waals surface area (Å²) >= 11 is 0. The van der Waals surface area contributed by atoms with E-state index in [2.05, 4.69) is 29.6 Å². The van der Waals surface area contributed by atoms with E-state index in [-0.39, 0.29) is 30.6 Å². The summed E-state index contributed by atoms with van der Waals surface area (Å²) in [6.45, 7) is 0.998. The molecule has 0 radical (unpaired) electrons. The first-order valence-corrected chi connectivity index (χ1v) is 11.7. The van der Waals surface area contributed by atoms with Crippen molar-refractivity contribution in [2.24, 2.45) is 5.92 Å². The molecule has 168 valence electrons. The second-order valence-electron chi connectivity index (χ2n) is 8.86. The molecule has 1 aliphatic heterocycles. The minimum Gasteiger partial charge on any atom is -0.445 e. The van der Waals surface area contributed by atoms with Crippen LogP contribution in [0.4, 0.5) is 10.5 Å². The first-order chi connectivity index (χ1) is 16.2. The Morgan fingerprint density at radius 3 is 2.42 bits per heavy atom. The highest BCUT2D eigenvalue weighted by atomic mass is 16.6. The minimum atomic E-state index is -0.260. The maximum Gasteiger partial charge on any atom is 0.410 e. The Morgan fingerprint density at radius 1 is 0.879 bits per heavy atom. The normalized spacial score (nSPS) is 17.6. The van der Waals surface area contributed by atoms with E-state index in [9.17, 15) is 9.59 Å². The van der Waals surface area contributed by atoms with Crippen LogP contribution in [-0.2, 0) is 16.1 Å². The van der Waals surface area contributed by atoms with Gasteiger partial charge in [-0.05, 0) is 60.1 Å². The van der Waals surface area contributed by atoms with E-state index in [1.807, 2.05) is 59.5 Å². The Kier molecular flexibility index (Phi) is 6.11. The Balaban J connectivity index is 1.25. The molecule has 2 aliphatic rings. The fourth-order valence-electron chi connectivity index (χ4n) is 4.40. The summed E-state index contributed by atoms with van der Waals surface area (Å²) in [6.07, 6.45) is 3.62. The lowest BCUT2D eigenvalue weighted by atomic mass is 9.99. The summed E-state index contributed by atoms with van der Waals surface area (Å²) in [7, 11) is 0. The van der Waals surface area contributed by atoms with Crippen molar-refractivity contribution in [2.75, 3.05) is 11.9 Å². The van der Waals surface area contributed by atoms with Crippen molar-refractivity contribution in [3.05, 3.63) is 90.0 Å². The lowest BCUT2D eigenvalue weighted by Gasteiger charge is -2.24. The van der Waals surface area contributed by atoms with E-state index >= 15 is 0 Å². The Hall–Kier alpha value is -3.60. The van der Waals surface area contributed by atoms with Crippen molar-refractivity contribution in [2.45, 2.75) is 38.3 Å². The van der Waals surface area contributed by atoms with Crippen molar-refractivity contribution in [3.8, 4) is 11.1 Å².